The van der Waals surface area contributed by atoms with E-state index in [-0.39, 0.29) is 0 Å². The fraction of sp³-hybridized carbons (Fsp3) is 0.140. The molecule has 0 spiro atoms. The summed E-state index contributed by atoms with van der Waals surface area (Å²) in [5.74, 6) is 0. The second kappa shape index (κ2) is 11.8. The van der Waals surface area contributed by atoms with Crippen molar-refractivity contribution in [2.24, 2.45) is 0 Å². The Labute approximate surface area is 272 Å². The van der Waals surface area contributed by atoms with E-state index in [0.29, 0.717) is 0 Å². The Bertz CT molecular complexity index is 2000. The number of rotatable bonds is 6. The van der Waals surface area contributed by atoms with Gasteiger partial charge in [0.25, 0.3) is 0 Å². The molecule has 7 aromatic rings. The fourth-order valence-corrected chi connectivity index (χ4v) is 7.20. The number of benzene rings is 4. The van der Waals surface area contributed by atoms with Crippen LogP contribution in [0.2, 0.25) is 0 Å². The summed E-state index contributed by atoms with van der Waals surface area (Å²) in [4.78, 5) is 13.0. The van der Waals surface area contributed by atoms with E-state index in [9.17, 15) is 0 Å². The van der Waals surface area contributed by atoms with E-state index >= 15 is 0 Å². The lowest BCUT2D eigenvalue weighted by molar-refractivity contribution is 1.24. The van der Waals surface area contributed by atoms with Crippen LogP contribution in [0.25, 0.3) is 67.5 Å². The van der Waals surface area contributed by atoms with E-state index < -0.39 is 0 Å². The molecule has 0 aliphatic rings. The predicted molar refractivity (Wildman–Crippen MR) is 194 cm³/mol. The molecule has 3 aromatic heterocycles. The Hall–Kier alpha value is -5.41. The van der Waals surface area contributed by atoms with Crippen LogP contribution >= 0.6 is 0 Å². The molecule has 0 bridgehead atoms. The maximum absolute atomic E-state index is 5.36. The van der Waals surface area contributed by atoms with E-state index in [1.807, 2.05) is 0 Å². The number of aryl methyl sites for hydroxylation is 6. The molecular formula is C43H39N3. The average molecular weight is 598 g/mol. The first-order valence-corrected chi connectivity index (χ1v) is 16.0. The summed E-state index contributed by atoms with van der Waals surface area (Å²) in [6.45, 7) is 13.1. The van der Waals surface area contributed by atoms with Crippen molar-refractivity contribution >= 4 is 0 Å². The minimum Gasteiger partial charge on any atom is -0.353 e. The normalized spacial score (nSPS) is 11.3. The third-order valence-electron chi connectivity index (χ3n) is 8.96. The van der Waals surface area contributed by atoms with Crippen LogP contribution in [-0.2, 0) is 0 Å². The molecule has 0 aliphatic carbocycles. The van der Waals surface area contributed by atoms with Crippen molar-refractivity contribution in [3.63, 3.8) is 0 Å². The Balaban J connectivity index is 1.42. The molecule has 0 amide bonds. The summed E-state index contributed by atoms with van der Waals surface area (Å²) in [6, 6.07) is 41.2. The molecule has 3 heteroatoms. The van der Waals surface area contributed by atoms with Crippen molar-refractivity contribution in [3.05, 3.63) is 149 Å². The number of nitrogens with zero attached hydrogens (tertiary/aromatic N) is 1. The van der Waals surface area contributed by atoms with Crippen molar-refractivity contribution in [2.45, 2.75) is 41.5 Å². The highest BCUT2D eigenvalue weighted by Gasteiger charge is 2.20. The monoisotopic (exact) mass is 597 g/mol. The Morgan fingerprint density at radius 3 is 1.15 bits per heavy atom. The van der Waals surface area contributed by atoms with Gasteiger partial charge in [0, 0.05) is 33.6 Å². The molecule has 46 heavy (non-hydrogen) atoms. The first kappa shape index (κ1) is 29.3. The van der Waals surface area contributed by atoms with Gasteiger partial charge in [0.2, 0.25) is 0 Å². The summed E-state index contributed by atoms with van der Waals surface area (Å²) in [5, 5.41) is 0. The third-order valence-corrected chi connectivity index (χ3v) is 8.96. The molecular weight excluding hydrogens is 558 g/mol. The lowest BCUT2D eigenvalue weighted by atomic mass is 9.96. The second-order valence-electron chi connectivity index (χ2n) is 12.6. The summed E-state index contributed by atoms with van der Waals surface area (Å²) in [6.07, 6.45) is 0. The van der Waals surface area contributed by atoms with E-state index in [0.717, 1.165) is 56.4 Å². The van der Waals surface area contributed by atoms with Gasteiger partial charge >= 0.3 is 0 Å². The van der Waals surface area contributed by atoms with Gasteiger partial charge in [-0.3, -0.25) is 0 Å². The zero-order chi connectivity index (χ0) is 31.9. The van der Waals surface area contributed by atoms with Crippen LogP contribution in [-0.4, -0.2) is 15.0 Å². The number of pyridine rings is 1. The second-order valence-corrected chi connectivity index (χ2v) is 12.6. The number of aromatic amines is 2. The van der Waals surface area contributed by atoms with Gasteiger partial charge in [0.1, 0.15) is 0 Å². The van der Waals surface area contributed by atoms with Gasteiger partial charge in [-0.2, -0.15) is 0 Å². The zero-order valence-electron chi connectivity index (χ0n) is 27.4. The van der Waals surface area contributed by atoms with Gasteiger partial charge in [0.05, 0.1) is 22.8 Å². The lowest BCUT2D eigenvalue weighted by Crippen LogP contribution is -1.93. The molecule has 7 rings (SSSR count). The highest BCUT2D eigenvalue weighted by molar-refractivity contribution is 5.89. The number of hydrogen-bond acceptors (Lipinski definition) is 1. The molecule has 226 valence electrons. The van der Waals surface area contributed by atoms with Crippen molar-refractivity contribution in [1.82, 2.24) is 15.0 Å². The van der Waals surface area contributed by atoms with Crippen LogP contribution in [0.3, 0.4) is 0 Å². The number of H-pyrrole nitrogens is 2. The SMILES string of the molecule is Cc1cc(C)c(-c2cc(-c3ccccc3)c(-c3cccc(-c4[nH]c(-c5c(C)cc(C)cc5C)cc4-c4ccccc4)n3)[nH]2)c(C)c1. The Morgan fingerprint density at radius 1 is 0.413 bits per heavy atom. The van der Waals surface area contributed by atoms with Crippen LogP contribution in [0.1, 0.15) is 33.4 Å². The Kier molecular flexibility index (Phi) is 7.54. The average Bonchev–Trinajstić information content (AvgIpc) is 3.67. The molecule has 0 fully saturated rings. The fourth-order valence-electron chi connectivity index (χ4n) is 7.20. The first-order valence-electron chi connectivity index (χ1n) is 16.0. The summed E-state index contributed by atoms with van der Waals surface area (Å²) in [7, 11) is 0. The van der Waals surface area contributed by atoms with Gasteiger partial charge in [-0.25, -0.2) is 4.98 Å². The molecule has 0 radical (unpaired) electrons. The van der Waals surface area contributed by atoms with Gasteiger partial charge in [-0.1, -0.05) is 102 Å². The van der Waals surface area contributed by atoms with Crippen LogP contribution in [0, 0.1) is 41.5 Å². The first-order chi connectivity index (χ1) is 22.3. The van der Waals surface area contributed by atoms with Gasteiger partial charge in [-0.05, 0) is 99.2 Å². The largest absolute Gasteiger partial charge is 0.353 e. The topological polar surface area (TPSA) is 44.5 Å². The van der Waals surface area contributed by atoms with Crippen molar-refractivity contribution in [2.75, 3.05) is 0 Å². The van der Waals surface area contributed by atoms with Crippen molar-refractivity contribution in [1.29, 1.82) is 0 Å². The van der Waals surface area contributed by atoms with Crippen LogP contribution in [0.15, 0.2) is 115 Å². The van der Waals surface area contributed by atoms with Crippen LogP contribution < -0.4 is 0 Å². The highest BCUT2D eigenvalue weighted by atomic mass is 14.8. The van der Waals surface area contributed by atoms with Gasteiger partial charge < -0.3 is 9.97 Å². The Morgan fingerprint density at radius 2 is 0.783 bits per heavy atom. The van der Waals surface area contributed by atoms with E-state index in [1.165, 1.54) is 44.5 Å². The molecule has 0 saturated carbocycles. The molecule has 2 N–H and O–H groups in total. The van der Waals surface area contributed by atoms with E-state index in [4.69, 9.17) is 4.98 Å². The molecule has 4 aromatic carbocycles. The molecule has 0 unspecified atom stereocenters. The van der Waals surface area contributed by atoms with Crippen LogP contribution in [0.4, 0.5) is 0 Å². The highest BCUT2D eigenvalue weighted by Crippen LogP contribution is 2.40. The number of nitrogens with one attached hydrogen (secondary N) is 2. The quantitative estimate of drug-likeness (QED) is 0.197. The molecule has 0 saturated heterocycles. The van der Waals surface area contributed by atoms with Gasteiger partial charge in [0.15, 0.2) is 0 Å². The number of aromatic nitrogens is 3. The standard InChI is InChI=1S/C43H39N3/c1-26-20-28(3)40(29(4)21-26)38-24-34(32-14-9-7-10-15-32)42(45-38)36-18-13-19-37(44-36)43-35(33-16-11-8-12-17-33)25-39(46-43)41-30(5)22-27(2)23-31(41)6/h7-25,45-46H,1-6H3. The maximum atomic E-state index is 5.36. The van der Waals surface area contributed by atoms with Gasteiger partial charge in [-0.15, -0.1) is 0 Å². The summed E-state index contributed by atoms with van der Waals surface area (Å²) < 4.78 is 0. The summed E-state index contributed by atoms with van der Waals surface area (Å²) in [5.41, 5.74) is 20.7. The third kappa shape index (κ3) is 5.39. The minimum atomic E-state index is 0.905. The maximum Gasteiger partial charge on any atom is 0.0879 e. The van der Waals surface area contributed by atoms with Crippen molar-refractivity contribution in [3.8, 4) is 67.5 Å². The smallest absolute Gasteiger partial charge is 0.0879 e. The molecule has 3 nitrogen and oxygen atoms in total. The molecule has 3 heterocycles. The minimum absolute atomic E-state index is 0.905. The molecule has 0 aliphatic heterocycles. The lowest BCUT2D eigenvalue weighted by Gasteiger charge is -2.10. The van der Waals surface area contributed by atoms with E-state index in [1.54, 1.807) is 0 Å². The van der Waals surface area contributed by atoms with Crippen molar-refractivity contribution < 1.29 is 0 Å². The summed E-state index contributed by atoms with van der Waals surface area (Å²) >= 11 is 0. The van der Waals surface area contributed by atoms with Crippen LogP contribution in [0.5, 0.6) is 0 Å². The molecule has 0 atom stereocenters. The van der Waals surface area contributed by atoms with E-state index in [2.05, 4.69) is 167 Å². The predicted octanol–water partition coefficient (Wildman–Crippen LogP) is 11.6. The number of hydrogen-bond donors (Lipinski definition) is 2. The zero-order valence-corrected chi connectivity index (χ0v) is 27.4.